The summed E-state index contributed by atoms with van der Waals surface area (Å²) in [4.78, 5) is 2.05. The van der Waals surface area contributed by atoms with Crippen LogP contribution in [-0.2, 0) is 10.0 Å². The lowest BCUT2D eigenvalue weighted by molar-refractivity contribution is 0.223. The number of halogens is 2. The zero-order chi connectivity index (χ0) is 15.3. The first-order valence-corrected chi connectivity index (χ1v) is 8.46. The lowest BCUT2D eigenvalue weighted by atomic mass is 10.3. The number of sulfonamides is 1. The number of hydrogen-bond donors (Lipinski definition) is 1. The molecule has 0 fully saturated rings. The lowest BCUT2D eigenvalue weighted by Crippen LogP contribution is -2.28. The molecule has 0 amide bonds. The molecule has 2 N–H and O–H groups in total. The van der Waals surface area contributed by atoms with Crippen LogP contribution in [0.25, 0.3) is 0 Å². The van der Waals surface area contributed by atoms with Gasteiger partial charge in [-0.25, -0.2) is 13.6 Å². The van der Waals surface area contributed by atoms with Crippen molar-refractivity contribution < 1.29 is 13.2 Å². The fourth-order valence-electron chi connectivity index (χ4n) is 1.66. The standard InChI is InChI=1S/C12H18Cl2N2O3S/c1-3-16(4-2)5-6-19-12-10(13)7-9(8-11(12)14)20(15,17)18/h7-8H,3-6H2,1-2H3,(H2,15,17,18). The Morgan fingerprint density at radius 3 is 2.10 bits per heavy atom. The van der Waals surface area contributed by atoms with Gasteiger partial charge in [-0.05, 0) is 25.2 Å². The average molecular weight is 341 g/mol. The molecule has 0 radical (unpaired) electrons. The summed E-state index contributed by atoms with van der Waals surface area (Å²) in [6, 6.07) is 2.46. The largest absolute Gasteiger partial charge is 0.489 e. The minimum Gasteiger partial charge on any atom is -0.489 e. The predicted octanol–water partition coefficient (Wildman–Crippen LogP) is 2.36. The first kappa shape index (κ1) is 17.5. The second-order valence-electron chi connectivity index (χ2n) is 4.14. The molecule has 1 aromatic carbocycles. The quantitative estimate of drug-likeness (QED) is 0.826. The molecule has 20 heavy (non-hydrogen) atoms. The van der Waals surface area contributed by atoms with Gasteiger partial charge in [-0.1, -0.05) is 37.0 Å². The van der Waals surface area contributed by atoms with E-state index in [-0.39, 0.29) is 20.7 Å². The summed E-state index contributed by atoms with van der Waals surface area (Å²) in [7, 11) is -3.84. The summed E-state index contributed by atoms with van der Waals surface area (Å²) in [5, 5.41) is 5.28. The summed E-state index contributed by atoms with van der Waals surface area (Å²) in [5.74, 6) is 0.271. The van der Waals surface area contributed by atoms with Gasteiger partial charge in [-0.15, -0.1) is 0 Å². The SMILES string of the molecule is CCN(CC)CCOc1c(Cl)cc(S(N)(=O)=O)cc1Cl. The lowest BCUT2D eigenvalue weighted by Gasteiger charge is -2.18. The van der Waals surface area contributed by atoms with E-state index in [0.29, 0.717) is 6.61 Å². The maximum atomic E-state index is 11.2. The highest BCUT2D eigenvalue weighted by atomic mass is 35.5. The van der Waals surface area contributed by atoms with E-state index >= 15 is 0 Å². The van der Waals surface area contributed by atoms with Crippen LogP contribution in [-0.4, -0.2) is 39.6 Å². The smallest absolute Gasteiger partial charge is 0.238 e. The fraction of sp³-hybridized carbons (Fsp3) is 0.500. The van der Waals surface area contributed by atoms with Crippen LogP contribution in [0.2, 0.25) is 10.0 Å². The molecular formula is C12H18Cl2N2O3S. The van der Waals surface area contributed by atoms with Gasteiger partial charge in [0.2, 0.25) is 10.0 Å². The van der Waals surface area contributed by atoms with E-state index in [2.05, 4.69) is 18.7 Å². The van der Waals surface area contributed by atoms with Crippen molar-refractivity contribution in [1.29, 1.82) is 0 Å². The molecule has 0 aromatic heterocycles. The van der Waals surface area contributed by atoms with E-state index in [0.717, 1.165) is 19.6 Å². The molecule has 0 aliphatic rings. The van der Waals surface area contributed by atoms with Gasteiger partial charge in [0.1, 0.15) is 6.61 Å². The normalized spacial score (nSPS) is 11.9. The third-order valence-electron chi connectivity index (χ3n) is 2.85. The highest BCUT2D eigenvalue weighted by Crippen LogP contribution is 2.35. The molecule has 0 aliphatic heterocycles. The van der Waals surface area contributed by atoms with Crippen LogP contribution in [0.5, 0.6) is 5.75 Å². The molecule has 8 heteroatoms. The van der Waals surface area contributed by atoms with Gasteiger partial charge in [-0.3, -0.25) is 0 Å². The van der Waals surface area contributed by atoms with Crippen molar-refractivity contribution in [2.45, 2.75) is 18.7 Å². The monoisotopic (exact) mass is 340 g/mol. The molecule has 114 valence electrons. The van der Waals surface area contributed by atoms with Gasteiger partial charge in [0, 0.05) is 6.54 Å². The second-order valence-corrected chi connectivity index (χ2v) is 6.51. The molecule has 0 aliphatic carbocycles. The minimum atomic E-state index is -3.84. The molecule has 5 nitrogen and oxygen atoms in total. The molecule has 0 saturated carbocycles. The van der Waals surface area contributed by atoms with Gasteiger partial charge in [0.25, 0.3) is 0 Å². The third kappa shape index (κ3) is 4.79. The molecule has 0 atom stereocenters. The summed E-state index contributed by atoms with van der Waals surface area (Å²) in [6.45, 7) is 7.11. The topological polar surface area (TPSA) is 72.6 Å². The van der Waals surface area contributed by atoms with Crippen molar-refractivity contribution in [2.24, 2.45) is 5.14 Å². The predicted molar refractivity (Wildman–Crippen MR) is 81.1 cm³/mol. The Balaban J connectivity index is 2.82. The number of hydrogen-bond acceptors (Lipinski definition) is 4. The molecule has 1 aromatic rings. The van der Waals surface area contributed by atoms with Crippen LogP contribution < -0.4 is 9.88 Å². The molecule has 0 unspecified atom stereocenters. The van der Waals surface area contributed by atoms with Gasteiger partial charge >= 0.3 is 0 Å². The Kier molecular flexibility index (Phi) is 6.54. The maximum absolute atomic E-state index is 11.2. The minimum absolute atomic E-state index is 0.126. The first-order valence-electron chi connectivity index (χ1n) is 6.16. The molecule has 0 spiro atoms. The van der Waals surface area contributed by atoms with Crippen molar-refractivity contribution in [1.82, 2.24) is 4.90 Å². The zero-order valence-corrected chi connectivity index (χ0v) is 13.7. The van der Waals surface area contributed by atoms with E-state index in [9.17, 15) is 8.42 Å². The highest BCUT2D eigenvalue weighted by Gasteiger charge is 2.16. The number of rotatable bonds is 7. The number of likely N-dealkylation sites (N-methyl/N-ethyl adjacent to an activating group) is 1. The van der Waals surface area contributed by atoms with Crippen LogP contribution in [0.3, 0.4) is 0 Å². The average Bonchev–Trinajstić information content (AvgIpc) is 2.36. The van der Waals surface area contributed by atoms with Crippen molar-refractivity contribution in [3.63, 3.8) is 0 Å². The van der Waals surface area contributed by atoms with E-state index in [1.165, 1.54) is 12.1 Å². The Morgan fingerprint density at radius 2 is 1.70 bits per heavy atom. The zero-order valence-electron chi connectivity index (χ0n) is 11.4. The number of nitrogens with two attached hydrogens (primary N) is 1. The Labute approximate surface area is 129 Å². The Bertz CT molecular complexity index is 537. The first-order chi connectivity index (χ1) is 9.29. The van der Waals surface area contributed by atoms with Crippen LogP contribution in [0.15, 0.2) is 17.0 Å². The van der Waals surface area contributed by atoms with Gasteiger partial charge in [-0.2, -0.15) is 0 Å². The van der Waals surface area contributed by atoms with Crippen molar-refractivity contribution in [3.8, 4) is 5.75 Å². The fourth-order valence-corrected chi connectivity index (χ4v) is 2.95. The Hall–Kier alpha value is -0.530. The molecule has 0 bridgehead atoms. The maximum Gasteiger partial charge on any atom is 0.238 e. The highest BCUT2D eigenvalue weighted by molar-refractivity contribution is 7.89. The van der Waals surface area contributed by atoms with E-state index in [1.807, 2.05) is 0 Å². The number of primary sulfonamides is 1. The van der Waals surface area contributed by atoms with Crippen LogP contribution in [0, 0.1) is 0 Å². The van der Waals surface area contributed by atoms with Crippen LogP contribution in [0.1, 0.15) is 13.8 Å². The van der Waals surface area contributed by atoms with Crippen LogP contribution >= 0.6 is 23.2 Å². The van der Waals surface area contributed by atoms with E-state index in [4.69, 9.17) is 33.1 Å². The summed E-state index contributed by atoms with van der Waals surface area (Å²) >= 11 is 12.0. The molecule has 1 rings (SSSR count). The van der Waals surface area contributed by atoms with Crippen molar-refractivity contribution in [2.75, 3.05) is 26.2 Å². The van der Waals surface area contributed by atoms with E-state index < -0.39 is 10.0 Å². The van der Waals surface area contributed by atoms with E-state index in [1.54, 1.807) is 0 Å². The summed E-state index contributed by atoms with van der Waals surface area (Å²) in [5.41, 5.74) is 0. The number of nitrogens with zero attached hydrogens (tertiary/aromatic N) is 1. The van der Waals surface area contributed by atoms with Gasteiger partial charge in [0.15, 0.2) is 5.75 Å². The number of benzene rings is 1. The second kappa shape index (κ2) is 7.47. The molecule has 0 saturated heterocycles. The van der Waals surface area contributed by atoms with Crippen LogP contribution in [0.4, 0.5) is 0 Å². The van der Waals surface area contributed by atoms with Gasteiger partial charge in [0.05, 0.1) is 14.9 Å². The molecular weight excluding hydrogens is 323 g/mol. The Morgan fingerprint density at radius 1 is 1.20 bits per heavy atom. The van der Waals surface area contributed by atoms with Crippen molar-refractivity contribution >= 4 is 33.2 Å². The molecule has 0 heterocycles. The summed E-state index contributed by atoms with van der Waals surface area (Å²) < 4.78 is 28.0. The summed E-state index contributed by atoms with van der Waals surface area (Å²) in [6.07, 6.45) is 0. The third-order valence-corrected chi connectivity index (χ3v) is 4.30. The number of ether oxygens (including phenoxy) is 1. The van der Waals surface area contributed by atoms with Crippen molar-refractivity contribution in [3.05, 3.63) is 22.2 Å². The van der Waals surface area contributed by atoms with Gasteiger partial charge < -0.3 is 9.64 Å².